The summed E-state index contributed by atoms with van der Waals surface area (Å²) in [5.74, 6) is 1.55. The Balaban J connectivity index is 1.89. The molecular weight excluding hydrogens is 440 g/mol. The number of piperidine rings is 1. The van der Waals surface area contributed by atoms with Crippen LogP contribution in [0.5, 0.6) is 0 Å². The number of aryl methyl sites for hydroxylation is 1. The number of fused-ring (bicyclic) bond motifs is 1. The van der Waals surface area contributed by atoms with Crippen molar-refractivity contribution in [2.45, 2.75) is 53.5 Å². The van der Waals surface area contributed by atoms with E-state index >= 15 is 0 Å². The lowest BCUT2D eigenvalue weighted by atomic mass is 9.91. The van der Waals surface area contributed by atoms with Crippen LogP contribution in [0.1, 0.15) is 51.7 Å². The highest BCUT2D eigenvalue weighted by Gasteiger charge is 2.35. The van der Waals surface area contributed by atoms with Gasteiger partial charge < -0.3 is 4.90 Å². The van der Waals surface area contributed by atoms with E-state index in [0.717, 1.165) is 31.5 Å². The molecule has 2 aromatic heterocycles. The lowest BCUT2D eigenvalue weighted by Gasteiger charge is -2.36. The number of thioether (sulfide) groups is 1. The summed E-state index contributed by atoms with van der Waals surface area (Å²) in [4.78, 5) is 36.1. The van der Waals surface area contributed by atoms with Gasteiger partial charge in [0.1, 0.15) is 15.8 Å². The highest BCUT2D eigenvalue weighted by atomic mass is 32.2. The third kappa shape index (κ3) is 4.10. The Labute approximate surface area is 198 Å². The second kappa shape index (κ2) is 8.98. The number of pyridine rings is 1. The predicted molar refractivity (Wildman–Crippen MR) is 136 cm³/mol. The second-order valence-electron chi connectivity index (χ2n) is 9.20. The van der Waals surface area contributed by atoms with Crippen LogP contribution in [0.4, 0.5) is 5.82 Å². The number of hydrogen-bond donors (Lipinski definition) is 0. The molecule has 8 heteroatoms. The highest BCUT2D eigenvalue weighted by Crippen LogP contribution is 2.36. The third-order valence-corrected chi connectivity index (χ3v) is 7.69. The maximum absolute atomic E-state index is 13.6. The van der Waals surface area contributed by atoms with Gasteiger partial charge in [0.05, 0.1) is 10.5 Å². The molecule has 0 radical (unpaired) electrons. The Morgan fingerprint density at radius 3 is 2.62 bits per heavy atom. The molecule has 2 aliphatic rings. The summed E-state index contributed by atoms with van der Waals surface area (Å²) < 4.78 is 2.12. The van der Waals surface area contributed by atoms with Crippen molar-refractivity contribution in [1.82, 2.24) is 14.3 Å². The molecule has 0 saturated carbocycles. The highest BCUT2D eigenvalue weighted by molar-refractivity contribution is 8.26. The molecule has 2 saturated heterocycles. The molecule has 2 aliphatic heterocycles. The van der Waals surface area contributed by atoms with Gasteiger partial charge in [-0.25, -0.2) is 4.98 Å². The van der Waals surface area contributed by atoms with E-state index in [9.17, 15) is 9.59 Å². The molecule has 0 spiro atoms. The van der Waals surface area contributed by atoms with Crippen LogP contribution in [0, 0.1) is 18.8 Å². The number of nitrogens with zero attached hydrogens (tertiary/aromatic N) is 4. The van der Waals surface area contributed by atoms with Gasteiger partial charge in [-0.15, -0.1) is 0 Å². The van der Waals surface area contributed by atoms with Crippen molar-refractivity contribution in [3.63, 3.8) is 0 Å². The number of anilines is 1. The van der Waals surface area contributed by atoms with Crippen molar-refractivity contribution >= 4 is 51.7 Å². The van der Waals surface area contributed by atoms with Crippen LogP contribution in [0.3, 0.4) is 0 Å². The number of hydrogen-bond acceptors (Lipinski definition) is 6. The van der Waals surface area contributed by atoms with E-state index in [-0.39, 0.29) is 17.5 Å². The first-order valence-corrected chi connectivity index (χ1v) is 12.5. The second-order valence-corrected chi connectivity index (χ2v) is 10.9. The maximum atomic E-state index is 13.6. The third-order valence-electron chi connectivity index (χ3n) is 6.36. The van der Waals surface area contributed by atoms with Gasteiger partial charge in [-0.05, 0) is 56.2 Å². The topological polar surface area (TPSA) is 57.9 Å². The van der Waals surface area contributed by atoms with E-state index in [4.69, 9.17) is 17.2 Å². The summed E-state index contributed by atoms with van der Waals surface area (Å²) in [6.07, 6.45) is 5.43. The number of amides is 1. The lowest BCUT2D eigenvalue weighted by molar-refractivity contribution is -0.123. The fourth-order valence-electron chi connectivity index (χ4n) is 4.68. The first kappa shape index (κ1) is 23.0. The fourth-order valence-corrected chi connectivity index (χ4v) is 6.12. The number of carbonyl (C=O) groups is 1. The summed E-state index contributed by atoms with van der Waals surface area (Å²) >= 11 is 6.76. The molecule has 6 nitrogen and oxygen atoms in total. The minimum atomic E-state index is -0.159. The maximum Gasteiger partial charge on any atom is 0.267 e. The molecule has 4 heterocycles. The smallest absolute Gasteiger partial charge is 0.267 e. The summed E-state index contributed by atoms with van der Waals surface area (Å²) in [7, 11) is 0. The van der Waals surface area contributed by atoms with E-state index in [0.29, 0.717) is 38.1 Å². The number of carbonyl (C=O) groups excluding carboxylic acids is 1. The zero-order valence-corrected chi connectivity index (χ0v) is 20.9. The van der Waals surface area contributed by atoms with Crippen LogP contribution in [0.25, 0.3) is 11.7 Å². The van der Waals surface area contributed by atoms with Crippen molar-refractivity contribution in [3.8, 4) is 0 Å². The summed E-state index contributed by atoms with van der Waals surface area (Å²) in [5, 5.41) is 0. The zero-order chi connectivity index (χ0) is 23.2. The fraction of sp³-hybridized carbons (Fsp3) is 0.500. The van der Waals surface area contributed by atoms with E-state index in [1.807, 2.05) is 32.9 Å². The average molecular weight is 471 g/mol. The molecule has 2 aromatic rings. The van der Waals surface area contributed by atoms with Gasteiger partial charge in [0, 0.05) is 25.3 Å². The Morgan fingerprint density at radius 1 is 1.28 bits per heavy atom. The molecule has 0 unspecified atom stereocenters. The van der Waals surface area contributed by atoms with Gasteiger partial charge in [-0.3, -0.25) is 18.9 Å². The molecule has 1 amide bonds. The molecule has 0 bridgehead atoms. The molecule has 170 valence electrons. The molecule has 3 atom stereocenters. The van der Waals surface area contributed by atoms with Gasteiger partial charge in [0.2, 0.25) is 0 Å². The quantitative estimate of drug-likeness (QED) is 0.485. The van der Waals surface area contributed by atoms with Crippen LogP contribution >= 0.6 is 24.0 Å². The number of thiocarbonyl (C=S) groups is 1. The van der Waals surface area contributed by atoms with Crippen molar-refractivity contribution in [3.05, 3.63) is 44.7 Å². The molecule has 0 aromatic carbocycles. The first-order valence-electron chi connectivity index (χ1n) is 11.2. The monoisotopic (exact) mass is 470 g/mol. The standard InChI is InChI=1S/C24H30N4O2S2/c1-6-17(5)28-23(30)19(32-24(28)31)11-18-21(26-12-14(2)10-15(3)13-26)25-20-16(4)8-7-9-27(20)22(18)29/h7-9,11,14-15,17H,6,10,12-13H2,1-5H3/b19-11+/t14-,15+,17-/m0/s1. The molecule has 32 heavy (non-hydrogen) atoms. The van der Waals surface area contributed by atoms with Crippen LogP contribution in [-0.2, 0) is 4.79 Å². The van der Waals surface area contributed by atoms with Crippen molar-refractivity contribution < 1.29 is 4.79 Å². The normalized spacial score (nSPS) is 24.1. The van der Waals surface area contributed by atoms with Crippen LogP contribution < -0.4 is 10.5 Å². The van der Waals surface area contributed by atoms with E-state index < -0.39 is 0 Å². The van der Waals surface area contributed by atoms with Gasteiger partial charge in [-0.1, -0.05) is 50.8 Å². The Kier molecular flexibility index (Phi) is 6.45. The summed E-state index contributed by atoms with van der Waals surface area (Å²) in [5.41, 5.74) is 1.90. The molecule has 4 rings (SSSR count). The SMILES string of the molecule is CC[C@H](C)N1C(=O)/C(=C\c2c(N3C[C@H](C)C[C@H](C)C3)nc3c(C)cccn3c2=O)SC1=S. The van der Waals surface area contributed by atoms with Crippen LogP contribution in [-0.4, -0.2) is 43.6 Å². The minimum Gasteiger partial charge on any atom is -0.355 e. The van der Waals surface area contributed by atoms with E-state index in [1.54, 1.807) is 21.6 Å². The van der Waals surface area contributed by atoms with Crippen molar-refractivity contribution in [2.75, 3.05) is 18.0 Å². The van der Waals surface area contributed by atoms with Gasteiger partial charge in [0.25, 0.3) is 11.5 Å². The average Bonchev–Trinajstić information content (AvgIpc) is 3.02. The van der Waals surface area contributed by atoms with Crippen LogP contribution in [0.2, 0.25) is 0 Å². The lowest BCUT2D eigenvalue weighted by Crippen LogP contribution is -2.41. The van der Waals surface area contributed by atoms with Crippen LogP contribution in [0.15, 0.2) is 28.0 Å². The Morgan fingerprint density at radius 2 is 1.97 bits per heavy atom. The van der Waals surface area contributed by atoms with Crippen molar-refractivity contribution in [1.29, 1.82) is 0 Å². The molecule has 0 N–H and O–H groups in total. The van der Waals surface area contributed by atoms with E-state index in [2.05, 4.69) is 18.7 Å². The van der Waals surface area contributed by atoms with E-state index in [1.165, 1.54) is 11.8 Å². The number of aromatic nitrogens is 2. The first-order chi connectivity index (χ1) is 15.2. The van der Waals surface area contributed by atoms with Gasteiger partial charge in [-0.2, -0.15) is 0 Å². The molecular formula is C24H30N4O2S2. The predicted octanol–water partition coefficient (Wildman–Crippen LogP) is 4.48. The minimum absolute atomic E-state index is 0.0233. The Bertz CT molecular complexity index is 1160. The molecule has 0 aliphatic carbocycles. The molecule has 2 fully saturated rings. The van der Waals surface area contributed by atoms with Gasteiger partial charge >= 0.3 is 0 Å². The Hall–Kier alpha value is -2.19. The zero-order valence-electron chi connectivity index (χ0n) is 19.3. The van der Waals surface area contributed by atoms with Crippen molar-refractivity contribution in [2.24, 2.45) is 11.8 Å². The summed E-state index contributed by atoms with van der Waals surface area (Å²) in [6.45, 7) is 12.1. The van der Waals surface area contributed by atoms with Gasteiger partial charge in [0.15, 0.2) is 0 Å². The largest absolute Gasteiger partial charge is 0.355 e. The summed E-state index contributed by atoms with van der Waals surface area (Å²) in [6, 6.07) is 3.84. The number of rotatable bonds is 4.